The van der Waals surface area contributed by atoms with Gasteiger partial charge in [0.15, 0.2) is 5.60 Å². The Balaban J connectivity index is 1.80. The normalized spacial score (nSPS) is 13.0. The lowest BCUT2D eigenvalue weighted by molar-refractivity contribution is -0.139. The quantitative estimate of drug-likeness (QED) is 0.604. The molecular formula is C19H18N2O2S. The zero-order valence-corrected chi connectivity index (χ0v) is 13.8. The van der Waals surface area contributed by atoms with Gasteiger partial charge in [0.1, 0.15) is 0 Å². The second-order valence-corrected chi connectivity index (χ2v) is 6.39. The highest BCUT2D eigenvalue weighted by Gasteiger charge is 2.39. The van der Waals surface area contributed by atoms with E-state index in [1.807, 2.05) is 72.1 Å². The standard InChI is InChI=1S/C19H18N2O2S/c22-18(21-20-16-10-5-2-6-11-16)19(23,17-12-7-13-24-17)14-15-8-3-1-4-9-15/h1-13,20,23H,14H2,(H,21,22)/t19-/m1/s1. The van der Waals surface area contributed by atoms with E-state index < -0.39 is 11.5 Å². The third-order valence-electron chi connectivity index (χ3n) is 3.70. The maximum Gasteiger partial charge on any atom is 0.276 e. The summed E-state index contributed by atoms with van der Waals surface area (Å²) in [4.78, 5) is 13.3. The molecule has 0 bridgehead atoms. The molecule has 0 saturated carbocycles. The Kier molecular flexibility index (Phi) is 4.93. The number of aliphatic hydroxyl groups is 1. The summed E-state index contributed by atoms with van der Waals surface area (Å²) in [5.74, 6) is -0.488. The predicted molar refractivity (Wildman–Crippen MR) is 96.6 cm³/mol. The van der Waals surface area contributed by atoms with Crippen molar-refractivity contribution in [1.29, 1.82) is 0 Å². The molecule has 3 N–H and O–H groups in total. The Morgan fingerprint density at radius 3 is 2.25 bits per heavy atom. The van der Waals surface area contributed by atoms with Crippen LogP contribution in [0, 0.1) is 0 Å². The molecule has 0 unspecified atom stereocenters. The SMILES string of the molecule is O=C(NNc1ccccc1)[C@@](O)(Cc1ccccc1)c1cccs1. The summed E-state index contributed by atoms with van der Waals surface area (Å²) < 4.78 is 0. The van der Waals surface area contributed by atoms with Crippen molar-refractivity contribution < 1.29 is 9.90 Å². The zero-order valence-electron chi connectivity index (χ0n) is 13.0. The Labute approximate surface area is 144 Å². The van der Waals surface area contributed by atoms with Gasteiger partial charge in [0.25, 0.3) is 5.91 Å². The molecule has 3 aromatic rings. The van der Waals surface area contributed by atoms with Gasteiger partial charge in [0.05, 0.1) is 5.69 Å². The first-order chi connectivity index (χ1) is 11.7. The molecule has 4 nitrogen and oxygen atoms in total. The summed E-state index contributed by atoms with van der Waals surface area (Å²) in [5.41, 5.74) is 5.47. The molecule has 5 heteroatoms. The molecule has 24 heavy (non-hydrogen) atoms. The van der Waals surface area contributed by atoms with E-state index in [1.54, 1.807) is 6.07 Å². The molecule has 2 aromatic carbocycles. The third kappa shape index (κ3) is 3.64. The summed E-state index contributed by atoms with van der Waals surface area (Å²) in [7, 11) is 0. The predicted octanol–water partition coefficient (Wildman–Crippen LogP) is 3.32. The molecule has 3 rings (SSSR count). The van der Waals surface area contributed by atoms with Crippen LogP contribution in [0.3, 0.4) is 0 Å². The summed E-state index contributed by atoms with van der Waals surface area (Å²) in [5, 5.41) is 13.0. The van der Waals surface area contributed by atoms with Crippen molar-refractivity contribution in [1.82, 2.24) is 5.43 Å². The lowest BCUT2D eigenvalue weighted by atomic mass is 9.92. The van der Waals surface area contributed by atoms with Crippen molar-refractivity contribution in [2.45, 2.75) is 12.0 Å². The van der Waals surface area contributed by atoms with E-state index in [2.05, 4.69) is 10.9 Å². The van der Waals surface area contributed by atoms with Gasteiger partial charge in [-0.3, -0.25) is 15.6 Å². The number of hydrazine groups is 1. The molecule has 1 amide bonds. The van der Waals surface area contributed by atoms with Crippen LogP contribution < -0.4 is 10.9 Å². The van der Waals surface area contributed by atoms with Gasteiger partial charge in [-0.15, -0.1) is 11.3 Å². The first-order valence-corrected chi connectivity index (χ1v) is 8.48. The van der Waals surface area contributed by atoms with Crippen LogP contribution in [0.15, 0.2) is 78.2 Å². The van der Waals surface area contributed by atoms with Crippen LogP contribution >= 0.6 is 11.3 Å². The average molecular weight is 338 g/mol. The summed E-state index contributed by atoms with van der Waals surface area (Å²) >= 11 is 1.36. The second-order valence-electron chi connectivity index (χ2n) is 5.45. The van der Waals surface area contributed by atoms with Crippen molar-refractivity contribution in [2.24, 2.45) is 0 Å². The fraction of sp³-hybridized carbons (Fsp3) is 0.105. The monoisotopic (exact) mass is 338 g/mol. The molecule has 0 radical (unpaired) electrons. The van der Waals surface area contributed by atoms with Crippen molar-refractivity contribution in [3.8, 4) is 0 Å². The lowest BCUT2D eigenvalue weighted by Gasteiger charge is -2.26. The van der Waals surface area contributed by atoms with Crippen molar-refractivity contribution >= 4 is 22.9 Å². The zero-order chi connectivity index (χ0) is 16.8. The van der Waals surface area contributed by atoms with Gasteiger partial charge in [0.2, 0.25) is 0 Å². The van der Waals surface area contributed by atoms with E-state index in [1.165, 1.54) is 11.3 Å². The van der Waals surface area contributed by atoms with Crippen LogP contribution in [0.2, 0.25) is 0 Å². The molecule has 0 fully saturated rings. The molecular weight excluding hydrogens is 320 g/mol. The molecule has 0 aliphatic heterocycles. The number of benzene rings is 2. The number of amides is 1. The average Bonchev–Trinajstić information content (AvgIpc) is 3.16. The van der Waals surface area contributed by atoms with Crippen LogP contribution in [0.4, 0.5) is 5.69 Å². The number of hydrogen-bond donors (Lipinski definition) is 3. The first kappa shape index (κ1) is 16.2. The minimum absolute atomic E-state index is 0.205. The number of thiophene rings is 1. The minimum Gasteiger partial charge on any atom is -0.374 e. The minimum atomic E-state index is -1.63. The number of hydrogen-bond acceptors (Lipinski definition) is 4. The number of para-hydroxylation sites is 1. The molecule has 1 atom stereocenters. The van der Waals surface area contributed by atoms with Crippen LogP contribution in [0.25, 0.3) is 0 Å². The fourth-order valence-electron chi connectivity index (χ4n) is 2.44. The number of nitrogens with one attached hydrogen (secondary N) is 2. The third-order valence-corrected chi connectivity index (χ3v) is 4.72. The Morgan fingerprint density at radius 1 is 0.958 bits per heavy atom. The Hall–Kier alpha value is -2.63. The van der Waals surface area contributed by atoms with Gasteiger partial charge in [-0.2, -0.15) is 0 Å². The van der Waals surface area contributed by atoms with Gasteiger partial charge in [-0.05, 0) is 29.1 Å². The summed E-state index contributed by atoms with van der Waals surface area (Å²) in [6.45, 7) is 0. The van der Waals surface area contributed by atoms with E-state index >= 15 is 0 Å². The largest absolute Gasteiger partial charge is 0.374 e. The first-order valence-electron chi connectivity index (χ1n) is 7.60. The van der Waals surface area contributed by atoms with Gasteiger partial charge < -0.3 is 5.11 Å². The van der Waals surface area contributed by atoms with Gasteiger partial charge in [-0.25, -0.2) is 0 Å². The smallest absolute Gasteiger partial charge is 0.276 e. The Morgan fingerprint density at radius 2 is 1.62 bits per heavy atom. The van der Waals surface area contributed by atoms with E-state index in [4.69, 9.17) is 0 Å². The summed E-state index contributed by atoms with van der Waals surface area (Å²) in [6, 6.07) is 22.4. The molecule has 1 aromatic heterocycles. The lowest BCUT2D eigenvalue weighted by Crippen LogP contribution is -2.47. The van der Waals surface area contributed by atoms with Gasteiger partial charge >= 0.3 is 0 Å². The van der Waals surface area contributed by atoms with E-state index in [0.29, 0.717) is 4.88 Å². The second kappa shape index (κ2) is 7.29. The number of rotatable bonds is 6. The maximum absolute atomic E-state index is 12.7. The van der Waals surface area contributed by atoms with Crippen LogP contribution in [0.1, 0.15) is 10.4 Å². The fourth-order valence-corrected chi connectivity index (χ4v) is 3.26. The van der Waals surface area contributed by atoms with Gasteiger partial charge in [0, 0.05) is 11.3 Å². The topological polar surface area (TPSA) is 61.4 Å². The van der Waals surface area contributed by atoms with E-state index in [-0.39, 0.29) is 6.42 Å². The highest BCUT2D eigenvalue weighted by molar-refractivity contribution is 7.10. The van der Waals surface area contributed by atoms with Crippen molar-refractivity contribution in [2.75, 3.05) is 5.43 Å². The molecule has 0 spiro atoms. The van der Waals surface area contributed by atoms with E-state index in [0.717, 1.165) is 11.3 Å². The molecule has 0 aliphatic carbocycles. The number of anilines is 1. The molecule has 122 valence electrons. The molecule has 1 heterocycles. The number of carbonyl (C=O) groups excluding carboxylic acids is 1. The van der Waals surface area contributed by atoms with Gasteiger partial charge in [-0.1, -0.05) is 54.6 Å². The highest BCUT2D eigenvalue weighted by atomic mass is 32.1. The van der Waals surface area contributed by atoms with Crippen LogP contribution in [-0.4, -0.2) is 11.0 Å². The maximum atomic E-state index is 12.7. The Bertz CT molecular complexity index is 776. The van der Waals surface area contributed by atoms with Crippen LogP contribution in [-0.2, 0) is 16.8 Å². The molecule has 0 saturated heterocycles. The van der Waals surface area contributed by atoms with E-state index in [9.17, 15) is 9.90 Å². The number of carbonyl (C=O) groups is 1. The van der Waals surface area contributed by atoms with Crippen LogP contribution in [0.5, 0.6) is 0 Å². The highest BCUT2D eigenvalue weighted by Crippen LogP contribution is 2.30. The summed E-state index contributed by atoms with van der Waals surface area (Å²) in [6.07, 6.45) is 0.205. The van der Waals surface area contributed by atoms with Crippen molar-refractivity contribution in [3.63, 3.8) is 0 Å². The molecule has 0 aliphatic rings. The van der Waals surface area contributed by atoms with Crippen molar-refractivity contribution in [3.05, 3.63) is 88.6 Å².